The minimum atomic E-state index is -0.475. The lowest BCUT2D eigenvalue weighted by molar-refractivity contribution is 0.768. The Morgan fingerprint density at radius 3 is 1.16 bits per heavy atom. The van der Waals surface area contributed by atoms with Gasteiger partial charge in [0, 0.05) is 17.1 Å². The number of rotatable bonds is 9. The Kier molecular flexibility index (Phi) is 9.48. The molecular formula is C61H43N. The van der Waals surface area contributed by atoms with Crippen molar-refractivity contribution in [1.29, 1.82) is 0 Å². The fraction of sp³-hybridized carbons (Fsp3) is 0.0164. The molecule has 0 saturated carbocycles. The van der Waals surface area contributed by atoms with Crippen LogP contribution in [0.25, 0.3) is 55.6 Å². The van der Waals surface area contributed by atoms with Gasteiger partial charge in [-0.15, -0.1) is 0 Å². The van der Waals surface area contributed by atoms with Gasteiger partial charge in [0.05, 0.1) is 5.41 Å². The highest BCUT2D eigenvalue weighted by atomic mass is 15.1. The zero-order valence-corrected chi connectivity index (χ0v) is 34.3. The molecule has 0 bridgehead atoms. The molecule has 1 atom stereocenters. The smallest absolute Gasteiger partial charge is 0.0713 e. The summed E-state index contributed by atoms with van der Waals surface area (Å²) in [6.45, 7) is 0. The minimum Gasteiger partial charge on any atom is -0.310 e. The van der Waals surface area contributed by atoms with Crippen LogP contribution in [0, 0.1) is 0 Å². The third-order valence-corrected chi connectivity index (χ3v) is 12.6. The van der Waals surface area contributed by atoms with Crippen LogP contribution in [0.2, 0.25) is 0 Å². The summed E-state index contributed by atoms with van der Waals surface area (Å²) < 4.78 is 0. The summed E-state index contributed by atoms with van der Waals surface area (Å²) in [7, 11) is 0. The SMILES string of the molecule is c1ccc(-c2ccc(N(c3ccc(-c4ccccc4)cc3)c3cccc(-c4ccc5c(c4)-c4ccccc4C5(c4ccccc4)c4ccc(-c5ccccc5)cc4)c3)cc2)cc1. The summed E-state index contributed by atoms with van der Waals surface area (Å²) in [4.78, 5) is 2.37. The van der Waals surface area contributed by atoms with E-state index in [9.17, 15) is 0 Å². The molecule has 10 aromatic carbocycles. The molecule has 292 valence electrons. The van der Waals surface area contributed by atoms with Crippen LogP contribution in [-0.2, 0) is 5.41 Å². The van der Waals surface area contributed by atoms with Gasteiger partial charge >= 0.3 is 0 Å². The van der Waals surface area contributed by atoms with E-state index in [1.54, 1.807) is 0 Å². The number of benzene rings is 10. The molecule has 0 N–H and O–H groups in total. The molecule has 0 aliphatic heterocycles. The molecule has 0 spiro atoms. The van der Waals surface area contributed by atoms with E-state index in [1.807, 2.05) is 0 Å². The topological polar surface area (TPSA) is 3.24 Å². The van der Waals surface area contributed by atoms with E-state index in [1.165, 1.54) is 77.9 Å². The summed E-state index contributed by atoms with van der Waals surface area (Å²) in [5.41, 5.74) is 20.1. The Labute approximate surface area is 364 Å². The van der Waals surface area contributed by atoms with E-state index >= 15 is 0 Å². The monoisotopic (exact) mass is 789 g/mol. The molecule has 0 amide bonds. The second-order valence-corrected chi connectivity index (χ2v) is 16.1. The lowest BCUT2D eigenvalue weighted by atomic mass is 9.67. The first-order valence-electron chi connectivity index (χ1n) is 21.4. The number of hydrogen-bond acceptors (Lipinski definition) is 1. The average molecular weight is 790 g/mol. The van der Waals surface area contributed by atoms with Gasteiger partial charge in [-0.3, -0.25) is 0 Å². The highest BCUT2D eigenvalue weighted by Gasteiger charge is 2.46. The average Bonchev–Trinajstić information content (AvgIpc) is 3.66. The van der Waals surface area contributed by atoms with Crippen molar-refractivity contribution in [3.05, 3.63) is 283 Å². The van der Waals surface area contributed by atoms with Crippen molar-refractivity contribution in [3.63, 3.8) is 0 Å². The highest BCUT2D eigenvalue weighted by Crippen LogP contribution is 2.57. The quantitative estimate of drug-likeness (QED) is 0.141. The maximum Gasteiger partial charge on any atom is 0.0713 e. The molecular weight excluding hydrogens is 747 g/mol. The fourth-order valence-electron chi connectivity index (χ4n) is 9.62. The second kappa shape index (κ2) is 15.9. The van der Waals surface area contributed by atoms with Crippen molar-refractivity contribution in [1.82, 2.24) is 0 Å². The zero-order chi connectivity index (χ0) is 41.3. The van der Waals surface area contributed by atoms with Crippen LogP contribution in [-0.4, -0.2) is 0 Å². The van der Waals surface area contributed by atoms with Crippen LogP contribution in [0.5, 0.6) is 0 Å². The Balaban J connectivity index is 1.02. The van der Waals surface area contributed by atoms with E-state index in [2.05, 4.69) is 266 Å². The highest BCUT2D eigenvalue weighted by molar-refractivity contribution is 5.90. The maximum atomic E-state index is 2.42. The minimum absolute atomic E-state index is 0.475. The summed E-state index contributed by atoms with van der Waals surface area (Å²) in [6.07, 6.45) is 0. The second-order valence-electron chi connectivity index (χ2n) is 16.1. The molecule has 0 heterocycles. The first kappa shape index (κ1) is 37.0. The van der Waals surface area contributed by atoms with Crippen molar-refractivity contribution in [2.24, 2.45) is 0 Å². The Morgan fingerprint density at radius 2 is 0.613 bits per heavy atom. The Bertz CT molecular complexity index is 3040. The lowest BCUT2D eigenvalue weighted by Crippen LogP contribution is -2.28. The molecule has 62 heavy (non-hydrogen) atoms. The normalized spacial score (nSPS) is 13.9. The van der Waals surface area contributed by atoms with Crippen LogP contribution < -0.4 is 4.90 Å². The predicted molar refractivity (Wildman–Crippen MR) is 260 cm³/mol. The van der Waals surface area contributed by atoms with Crippen molar-refractivity contribution in [3.8, 4) is 55.6 Å². The summed E-state index contributed by atoms with van der Waals surface area (Å²) in [5.74, 6) is 0. The molecule has 11 rings (SSSR count). The predicted octanol–water partition coefficient (Wildman–Crippen LogP) is 16.2. The molecule has 0 radical (unpaired) electrons. The molecule has 10 aromatic rings. The van der Waals surface area contributed by atoms with E-state index < -0.39 is 5.41 Å². The van der Waals surface area contributed by atoms with E-state index in [0.29, 0.717) is 0 Å². The van der Waals surface area contributed by atoms with Gasteiger partial charge in [0.15, 0.2) is 0 Å². The van der Waals surface area contributed by atoms with Crippen LogP contribution in [0.1, 0.15) is 22.3 Å². The fourth-order valence-corrected chi connectivity index (χ4v) is 9.62. The Morgan fingerprint density at radius 1 is 0.226 bits per heavy atom. The summed E-state index contributed by atoms with van der Waals surface area (Å²) in [6, 6.07) is 95.1. The zero-order valence-electron chi connectivity index (χ0n) is 34.3. The van der Waals surface area contributed by atoms with Crippen molar-refractivity contribution in [2.75, 3.05) is 4.90 Å². The lowest BCUT2D eigenvalue weighted by Gasteiger charge is -2.34. The first-order chi connectivity index (χ1) is 30.7. The Hall–Kier alpha value is -8.00. The first-order valence-corrected chi connectivity index (χ1v) is 21.4. The van der Waals surface area contributed by atoms with E-state index in [4.69, 9.17) is 0 Å². The third kappa shape index (κ3) is 6.52. The van der Waals surface area contributed by atoms with Gasteiger partial charge in [-0.05, 0) is 120 Å². The van der Waals surface area contributed by atoms with Gasteiger partial charge in [-0.25, -0.2) is 0 Å². The van der Waals surface area contributed by atoms with Gasteiger partial charge in [0.25, 0.3) is 0 Å². The molecule has 0 aromatic heterocycles. The van der Waals surface area contributed by atoms with Gasteiger partial charge < -0.3 is 4.90 Å². The molecule has 1 aliphatic rings. The summed E-state index contributed by atoms with van der Waals surface area (Å²) >= 11 is 0. The largest absolute Gasteiger partial charge is 0.310 e. The molecule has 1 heteroatoms. The van der Waals surface area contributed by atoms with E-state index in [0.717, 1.165) is 17.1 Å². The van der Waals surface area contributed by atoms with Gasteiger partial charge in [0.1, 0.15) is 0 Å². The van der Waals surface area contributed by atoms with Crippen LogP contribution in [0.15, 0.2) is 261 Å². The molecule has 1 nitrogen and oxygen atoms in total. The molecule has 1 unspecified atom stereocenters. The van der Waals surface area contributed by atoms with Crippen LogP contribution in [0.3, 0.4) is 0 Å². The number of hydrogen-bond donors (Lipinski definition) is 0. The van der Waals surface area contributed by atoms with Crippen LogP contribution in [0.4, 0.5) is 17.1 Å². The number of fused-ring (bicyclic) bond motifs is 3. The van der Waals surface area contributed by atoms with Gasteiger partial charge in [-0.1, -0.05) is 218 Å². The standard InChI is InChI=1S/C61H43N/c1-5-16-44(17-6-1)47-28-35-53(36-29-47)61(52-23-11-4-12-24-52)59-27-14-13-26-57(59)58-43-51(34-41-60(58)61)50-22-15-25-56(42-50)62(54-37-30-48(31-38-54)45-18-7-2-8-19-45)55-39-32-49(33-40-55)46-20-9-3-10-21-46/h1-43H. The summed E-state index contributed by atoms with van der Waals surface area (Å²) in [5, 5.41) is 0. The molecule has 1 aliphatic carbocycles. The van der Waals surface area contributed by atoms with Crippen molar-refractivity contribution >= 4 is 17.1 Å². The molecule has 0 saturated heterocycles. The van der Waals surface area contributed by atoms with Crippen LogP contribution >= 0.6 is 0 Å². The molecule has 0 fully saturated rings. The van der Waals surface area contributed by atoms with Crippen molar-refractivity contribution in [2.45, 2.75) is 5.41 Å². The van der Waals surface area contributed by atoms with Gasteiger partial charge in [0.2, 0.25) is 0 Å². The third-order valence-electron chi connectivity index (χ3n) is 12.6. The van der Waals surface area contributed by atoms with Gasteiger partial charge in [-0.2, -0.15) is 0 Å². The maximum absolute atomic E-state index is 2.42. The van der Waals surface area contributed by atoms with E-state index in [-0.39, 0.29) is 0 Å². The van der Waals surface area contributed by atoms with Crippen molar-refractivity contribution < 1.29 is 0 Å². The number of anilines is 3. The number of nitrogens with zero attached hydrogens (tertiary/aromatic N) is 1.